The maximum atomic E-state index is 11.8. The van der Waals surface area contributed by atoms with Gasteiger partial charge in [-0.15, -0.1) is 0 Å². The van der Waals surface area contributed by atoms with Gasteiger partial charge in [-0.2, -0.15) is 0 Å². The van der Waals surface area contributed by atoms with E-state index in [0.717, 1.165) is 19.5 Å². The monoisotopic (exact) mass is 233 g/mol. The van der Waals surface area contributed by atoms with Gasteiger partial charge in [0.1, 0.15) is 6.04 Å². The number of ether oxygens (including phenoxy) is 1. The van der Waals surface area contributed by atoms with E-state index in [1.165, 1.54) is 25.5 Å². The Bertz CT molecular complexity index is 358. The molecule has 0 radical (unpaired) electrons. The van der Waals surface area contributed by atoms with E-state index in [4.69, 9.17) is 4.74 Å². The second kappa shape index (κ2) is 5.82. The summed E-state index contributed by atoms with van der Waals surface area (Å²) in [6.45, 7) is 2.01. The predicted molar refractivity (Wildman–Crippen MR) is 66.8 cm³/mol. The van der Waals surface area contributed by atoms with Gasteiger partial charge in [-0.3, -0.25) is 9.69 Å². The molecule has 3 nitrogen and oxygen atoms in total. The number of carbonyl (C=O) groups is 1. The van der Waals surface area contributed by atoms with E-state index in [1.54, 1.807) is 0 Å². The van der Waals surface area contributed by atoms with Crippen LogP contribution in [0.1, 0.15) is 18.4 Å². The van der Waals surface area contributed by atoms with Gasteiger partial charge in [-0.05, 0) is 37.9 Å². The summed E-state index contributed by atoms with van der Waals surface area (Å²) in [6, 6.07) is 10.0. The van der Waals surface area contributed by atoms with Crippen molar-refractivity contribution in [2.75, 3.05) is 20.2 Å². The molecule has 1 unspecified atom stereocenters. The first-order valence-corrected chi connectivity index (χ1v) is 6.17. The van der Waals surface area contributed by atoms with Gasteiger partial charge in [0.15, 0.2) is 0 Å². The van der Waals surface area contributed by atoms with Crippen LogP contribution in [0.5, 0.6) is 0 Å². The van der Waals surface area contributed by atoms with Crippen LogP contribution in [-0.2, 0) is 16.0 Å². The first kappa shape index (κ1) is 12.1. The third-order valence-electron chi connectivity index (χ3n) is 3.33. The fraction of sp³-hybridized carbons (Fsp3) is 0.500. The van der Waals surface area contributed by atoms with Gasteiger partial charge >= 0.3 is 5.97 Å². The zero-order valence-electron chi connectivity index (χ0n) is 10.3. The van der Waals surface area contributed by atoms with Gasteiger partial charge in [-0.25, -0.2) is 0 Å². The van der Waals surface area contributed by atoms with E-state index in [0.29, 0.717) is 0 Å². The van der Waals surface area contributed by atoms with Crippen molar-refractivity contribution in [1.82, 2.24) is 4.90 Å². The number of benzene rings is 1. The molecule has 1 atom stereocenters. The Morgan fingerprint density at radius 3 is 2.53 bits per heavy atom. The van der Waals surface area contributed by atoms with E-state index in [1.807, 2.05) is 18.2 Å². The molecule has 1 aliphatic heterocycles. The zero-order valence-corrected chi connectivity index (χ0v) is 10.3. The summed E-state index contributed by atoms with van der Waals surface area (Å²) in [7, 11) is 1.47. The summed E-state index contributed by atoms with van der Waals surface area (Å²) >= 11 is 0. The molecule has 17 heavy (non-hydrogen) atoms. The number of esters is 1. The number of methoxy groups -OCH3 is 1. The smallest absolute Gasteiger partial charge is 0.323 e. The van der Waals surface area contributed by atoms with Crippen LogP contribution in [0, 0.1) is 0 Å². The summed E-state index contributed by atoms with van der Waals surface area (Å²) in [6.07, 6.45) is 3.11. The highest BCUT2D eigenvalue weighted by molar-refractivity contribution is 5.76. The number of likely N-dealkylation sites (tertiary alicyclic amines) is 1. The molecular weight excluding hydrogens is 214 g/mol. The van der Waals surface area contributed by atoms with Crippen LogP contribution in [0.4, 0.5) is 0 Å². The lowest BCUT2D eigenvalue weighted by Gasteiger charge is -2.25. The average Bonchev–Trinajstić information content (AvgIpc) is 2.90. The van der Waals surface area contributed by atoms with Crippen LogP contribution in [0.2, 0.25) is 0 Å². The normalized spacial score (nSPS) is 17.9. The average molecular weight is 233 g/mol. The minimum atomic E-state index is -0.120. The molecule has 0 amide bonds. The molecule has 0 aromatic heterocycles. The Kier molecular flexibility index (Phi) is 4.15. The molecule has 0 saturated carbocycles. The zero-order chi connectivity index (χ0) is 12.1. The largest absolute Gasteiger partial charge is 0.468 e. The van der Waals surface area contributed by atoms with Gasteiger partial charge < -0.3 is 4.74 Å². The number of nitrogens with zero attached hydrogens (tertiary/aromatic N) is 1. The molecule has 92 valence electrons. The SMILES string of the molecule is COC(=O)C(Cc1ccccc1)N1CCCC1. The van der Waals surface area contributed by atoms with E-state index < -0.39 is 0 Å². The summed E-state index contributed by atoms with van der Waals surface area (Å²) in [4.78, 5) is 14.1. The molecule has 1 heterocycles. The van der Waals surface area contributed by atoms with Gasteiger partial charge in [0.05, 0.1) is 7.11 Å². The van der Waals surface area contributed by atoms with Gasteiger partial charge in [0.2, 0.25) is 0 Å². The van der Waals surface area contributed by atoms with E-state index in [-0.39, 0.29) is 12.0 Å². The number of carbonyl (C=O) groups excluding carboxylic acids is 1. The number of hydrogen-bond acceptors (Lipinski definition) is 3. The van der Waals surface area contributed by atoms with Crippen molar-refractivity contribution in [3.05, 3.63) is 35.9 Å². The van der Waals surface area contributed by atoms with Gasteiger partial charge in [-0.1, -0.05) is 30.3 Å². The lowest BCUT2D eigenvalue weighted by atomic mass is 10.1. The fourth-order valence-corrected chi connectivity index (χ4v) is 2.39. The molecule has 0 N–H and O–H groups in total. The Balaban J connectivity index is 2.07. The van der Waals surface area contributed by atoms with Crippen LogP contribution in [0.15, 0.2) is 30.3 Å². The van der Waals surface area contributed by atoms with Crippen molar-refractivity contribution in [3.63, 3.8) is 0 Å². The van der Waals surface area contributed by atoms with Crippen molar-refractivity contribution in [2.24, 2.45) is 0 Å². The van der Waals surface area contributed by atoms with Crippen molar-refractivity contribution in [2.45, 2.75) is 25.3 Å². The number of hydrogen-bond donors (Lipinski definition) is 0. The minimum Gasteiger partial charge on any atom is -0.468 e. The molecule has 1 aromatic carbocycles. The molecular formula is C14H19NO2. The van der Waals surface area contributed by atoms with Crippen molar-refractivity contribution >= 4 is 5.97 Å². The summed E-state index contributed by atoms with van der Waals surface area (Å²) in [5.74, 6) is -0.115. The fourth-order valence-electron chi connectivity index (χ4n) is 2.39. The molecule has 0 aliphatic carbocycles. The topological polar surface area (TPSA) is 29.5 Å². The van der Waals surface area contributed by atoms with Crippen LogP contribution in [0.3, 0.4) is 0 Å². The molecule has 3 heteroatoms. The molecule has 1 fully saturated rings. The van der Waals surface area contributed by atoms with Gasteiger partial charge in [0.25, 0.3) is 0 Å². The standard InChI is InChI=1S/C14H19NO2/c1-17-14(16)13(15-9-5-6-10-15)11-12-7-3-2-4-8-12/h2-4,7-8,13H,5-6,9-11H2,1H3. The maximum absolute atomic E-state index is 11.8. The Morgan fingerprint density at radius 2 is 1.94 bits per heavy atom. The van der Waals surface area contributed by atoms with Gasteiger partial charge in [0, 0.05) is 0 Å². The molecule has 1 saturated heterocycles. The summed E-state index contributed by atoms with van der Waals surface area (Å²) < 4.78 is 4.92. The van der Waals surface area contributed by atoms with Crippen molar-refractivity contribution in [3.8, 4) is 0 Å². The molecule has 0 bridgehead atoms. The van der Waals surface area contributed by atoms with Crippen molar-refractivity contribution in [1.29, 1.82) is 0 Å². The van der Waals surface area contributed by atoms with E-state index >= 15 is 0 Å². The molecule has 1 aromatic rings. The minimum absolute atomic E-state index is 0.115. The molecule has 1 aliphatic rings. The Labute approximate surface area is 102 Å². The summed E-state index contributed by atoms with van der Waals surface area (Å²) in [5, 5.41) is 0. The van der Waals surface area contributed by atoms with E-state index in [2.05, 4.69) is 17.0 Å². The van der Waals surface area contributed by atoms with Crippen LogP contribution < -0.4 is 0 Å². The number of rotatable bonds is 4. The Morgan fingerprint density at radius 1 is 1.29 bits per heavy atom. The second-order valence-electron chi connectivity index (χ2n) is 4.47. The highest BCUT2D eigenvalue weighted by Gasteiger charge is 2.28. The summed E-state index contributed by atoms with van der Waals surface area (Å²) in [5.41, 5.74) is 1.19. The van der Waals surface area contributed by atoms with Crippen molar-refractivity contribution < 1.29 is 9.53 Å². The lowest BCUT2D eigenvalue weighted by Crippen LogP contribution is -2.41. The van der Waals surface area contributed by atoms with Crippen LogP contribution in [-0.4, -0.2) is 37.1 Å². The Hall–Kier alpha value is -1.35. The highest BCUT2D eigenvalue weighted by atomic mass is 16.5. The quantitative estimate of drug-likeness (QED) is 0.743. The first-order chi connectivity index (χ1) is 8.31. The molecule has 2 rings (SSSR count). The first-order valence-electron chi connectivity index (χ1n) is 6.17. The lowest BCUT2D eigenvalue weighted by molar-refractivity contribution is -0.146. The highest BCUT2D eigenvalue weighted by Crippen LogP contribution is 2.16. The third-order valence-corrected chi connectivity index (χ3v) is 3.33. The predicted octanol–water partition coefficient (Wildman–Crippen LogP) is 1.87. The second-order valence-corrected chi connectivity index (χ2v) is 4.47. The third kappa shape index (κ3) is 3.07. The molecule has 0 spiro atoms. The van der Waals surface area contributed by atoms with Crippen LogP contribution in [0.25, 0.3) is 0 Å². The maximum Gasteiger partial charge on any atom is 0.323 e. The van der Waals surface area contributed by atoms with Crippen LogP contribution >= 0.6 is 0 Å². The van der Waals surface area contributed by atoms with E-state index in [9.17, 15) is 4.79 Å².